The molecule has 0 saturated carbocycles. The largest absolute Gasteiger partial charge is 0.489 e. The second kappa shape index (κ2) is 11.0. The zero-order chi connectivity index (χ0) is 27.1. The molecule has 7 rings (SSSR count). The van der Waals surface area contributed by atoms with Crippen LogP contribution in [0.3, 0.4) is 0 Å². The fraction of sp³-hybridized carbons (Fsp3) is 0.0323. The molecule has 0 fully saturated rings. The van der Waals surface area contributed by atoms with E-state index in [9.17, 15) is 10.0 Å². The first-order chi connectivity index (χ1) is 19.1. The molecule has 8 heteroatoms. The van der Waals surface area contributed by atoms with E-state index in [1.165, 1.54) is 26.8 Å². The van der Waals surface area contributed by atoms with Gasteiger partial charge in [-0.05, 0) is 59.8 Å². The van der Waals surface area contributed by atoms with Crippen LogP contribution in [0.1, 0.15) is 0 Å². The van der Waals surface area contributed by atoms with Crippen LogP contribution < -0.4 is 5.46 Å². The molecule has 0 saturated heterocycles. The van der Waals surface area contributed by atoms with E-state index in [1.807, 2.05) is 18.2 Å². The highest BCUT2D eigenvalue weighted by atomic mass is 33.1. The minimum atomic E-state index is -1.56. The molecule has 0 unspecified atom stereocenters. The lowest BCUT2D eigenvalue weighted by atomic mass is 9.79. The zero-order valence-electron chi connectivity index (χ0n) is 20.9. The highest BCUT2D eigenvalue weighted by molar-refractivity contribution is 8.59. The van der Waals surface area contributed by atoms with Crippen LogP contribution in [-0.4, -0.2) is 28.0 Å². The summed E-state index contributed by atoms with van der Waals surface area (Å²) < 4.78 is 4.29. The molecular formula is C31H24BNO2S4. The Kier molecular flexibility index (Phi) is 7.42. The molecule has 5 aromatic carbocycles. The minimum absolute atomic E-state index is 0.533. The number of hydrogen-bond donors (Lipinski definition) is 4. The number of nitrogens with zero attached hydrogens (tertiary/aromatic N) is 1. The van der Waals surface area contributed by atoms with Crippen molar-refractivity contribution < 1.29 is 10.0 Å². The van der Waals surface area contributed by atoms with Crippen molar-refractivity contribution in [3.63, 3.8) is 0 Å². The topological polar surface area (TPSA) is 45.4 Å². The van der Waals surface area contributed by atoms with E-state index in [1.54, 1.807) is 23.1 Å². The third-order valence-electron chi connectivity index (χ3n) is 7.12. The number of thiol groups is 2. The van der Waals surface area contributed by atoms with Gasteiger partial charge >= 0.3 is 7.12 Å². The van der Waals surface area contributed by atoms with Crippen LogP contribution in [0, 0.1) is 0 Å². The van der Waals surface area contributed by atoms with Crippen molar-refractivity contribution >= 4 is 101 Å². The van der Waals surface area contributed by atoms with Crippen LogP contribution in [0.4, 0.5) is 0 Å². The van der Waals surface area contributed by atoms with Gasteiger partial charge in [-0.1, -0.05) is 60.7 Å². The van der Waals surface area contributed by atoms with Crippen LogP contribution >= 0.6 is 46.4 Å². The lowest BCUT2D eigenvalue weighted by molar-refractivity contribution is 0.426. The summed E-state index contributed by atoms with van der Waals surface area (Å²) in [6, 6.07) is 35.9. The molecular weight excluding hydrogens is 557 g/mol. The minimum Gasteiger partial charge on any atom is -0.423 e. The molecule has 0 aliphatic rings. The number of para-hydroxylation sites is 1. The highest BCUT2D eigenvalue weighted by Crippen LogP contribution is 2.39. The Hall–Kier alpha value is -2.85. The van der Waals surface area contributed by atoms with Crippen LogP contribution in [-0.2, 0) is 0 Å². The summed E-state index contributed by atoms with van der Waals surface area (Å²) in [4.78, 5) is 1.25. The van der Waals surface area contributed by atoms with E-state index < -0.39 is 7.12 Å². The summed E-state index contributed by atoms with van der Waals surface area (Å²) >= 11 is 9.80. The molecule has 3 nitrogen and oxygen atoms in total. The van der Waals surface area contributed by atoms with E-state index in [0.717, 1.165) is 36.9 Å². The number of hydrogen-bond acceptors (Lipinski definition) is 6. The monoisotopic (exact) mass is 581 g/mol. The van der Waals surface area contributed by atoms with Crippen molar-refractivity contribution in [2.45, 2.75) is 4.90 Å². The molecule has 0 amide bonds. The number of benzene rings is 5. The second-order valence-electron chi connectivity index (χ2n) is 9.17. The van der Waals surface area contributed by atoms with Gasteiger partial charge in [0.25, 0.3) is 0 Å². The predicted octanol–water partition coefficient (Wildman–Crippen LogP) is 7.98. The third kappa shape index (κ3) is 4.45. The molecule has 2 aromatic heterocycles. The van der Waals surface area contributed by atoms with Crippen molar-refractivity contribution in [3.8, 4) is 16.8 Å². The van der Waals surface area contributed by atoms with Gasteiger partial charge in [-0.25, -0.2) is 0 Å². The highest BCUT2D eigenvalue weighted by Gasteiger charge is 2.22. The van der Waals surface area contributed by atoms with Crippen molar-refractivity contribution in [2.75, 3.05) is 6.26 Å². The molecule has 0 bridgehead atoms. The molecule has 0 aliphatic carbocycles. The fourth-order valence-electron chi connectivity index (χ4n) is 5.46. The summed E-state index contributed by atoms with van der Waals surface area (Å²) in [5.74, 6) is 0. The Morgan fingerprint density at radius 3 is 2.21 bits per heavy atom. The van der Waals surface area contributed by atoms with Gasteiger partial charge in [0.2, 0.25) is 0 Å². The average Bonchev–Trinajstić information content (AvgIpc) is 3.53. The Labute approximate surface area is 245 Å². The van der Waals surface area contributed by atoms with Crippen molar-refractivity contribution in [1.29, 1.82) is 0 Å². The van der Waals surface area contributed by atoms with Gasteiger partial charge in [0, 0.05) is 47.0 Å². The van der Waals surface area contributed by atoms with E-state index in [0.29, 0.717) is 5.46 Å². The van der Waals surface area contributed by atoms with Crippen molar-refractivity contribution in [3.05, 3.63) is 103 Å². The van der Waals surface area contributed by atoms with E-state index in [-0.39, 0.29) is 0 Å². The quantitative estimate of drug-likeness (QED) is 0.0738. The van der Waals surface area contributed by atoms with Crippen LogP contribution in [0.5, 0.6) is 0 Å². The predicted molar refractivity (Wildman–Crippen MR) is 179 cm³/mol. The number of thioether (sulfide) groups is 1. The molecule has 2 heterocycles. The Morgan fingerprint density at radius 2 is 1.41 bits per heavy atom. The molecule has 0 aliphatic heterocycles. The van der Waals surface area contributed by atoms with Gasteiger partial charge in [-0.2, -0.15) is 0 Å². The van der Waals surface area contributed by atoms with Gasteiger partial charge in [-0.3, -0.25) is 0 Å². The first-order valence-corrected chi connectivity index (χ1v) is 16.0. The Morgan fingerprint density at radius 1 is 0.718 bits per heavy atom. The standard InChI is InChI=1S/C31H22BNO2S2.H2S2/c1-36-29-12-6-3-8-21(29)19-14-15-28-24(16-19)22-9-2-5-11-27(22)33(28)20-17-25-23-10-4-7-13-30(23)37-31(25)26(18-20)32(34)35;1-2/h2-18,34-35H,1H3;1-2H. The lowest BCUT2D eigenvalue weighted by Gasteiger charge is -2.12. The zero-order valence-corrected chi connectivity index (χ0v) is 24.4. The van der Waals surface area contributed by atoms with Gasteiger partial charge in [0.15, 0.2) is 0 Å². The van der Waals surface area contributed by atoms with Gasteiger partial charge in [-0.15, -0.1) is 46.4 Å². The normalized spacial score (nSPS) is 11.3. The van der Waals surface area contributed by atoms with Crippen molar-refractivity contribution in [1.82, 2.24) is 4.57 Å². The van der Waals surface area contributed by atoms with Gasteiger partial charge in [0.1, 0.15) is 0 Å². The first kappa shape index (κ1) is 26.4. The summed E-state index contributed by atoms with van der Waals surface area (Å²) in [6.07, 6.45) is 2.11. The molecule has 39 heavy (non-hydrogen) atoms. The maximum absolute atomic E-state index is 10.4. The number of fused-ring (bicyclic) bond motifs is 6. The van der Waals surface area contributed by atoms with Crippen LogP contribution in [0.25, 0.3) is 58.8 Å². The van der Waals surface area contributed by atoms with Crippen LogP contribution in [0.2, 0.25) is 0 Å². The molecule has 0 radical (unpaired) electrons. The molecule has 192 valence electrons. The molecule has 7 aromatic rings. The smallest absolute Gasteiger partial charge is 0.423 e. The van der Waals surface area contributed by atoms with Crippen molar-refractivity contribution in [2.24, 2.45) is 0 Å². The second-order valence-corrected chi connectivity index (χ2v) is 11.1. The Bertz CT molecular complexity index is 1980. The molecule has 0 spiro atoms. The van der Waals surface area contributed by atoms with E-state index >= 15 is 0 Å². The van der Waals surface area contributed by atoms with Gasteiger partial charge in [0.05, 0.1) is 11.0 Å². The van der Waals surface area contributed by atoms with E-state index in [4.69, 9.17) is 0 Å². The summed E-state index contributed by atoms with van der Waals surface area (Å²) in [5, 5.41) is 25.2. The summed E-state index contributed by atoms with van der Waals surface area (Å²) in [7, 11) is -1.56. The summed E-state index contributed by atoms with van der Waals surface area (Å²) in [6.45, 7) is 0. The SMILES string of the molecule is CSc1ccccc1-c1ccc2c(c1)c1ccccc1n2-c1cc(B(O)O)c2sc3ccccc3c2c1.SS. The maximum atomic E-state index is 10.4. The first-order valence-electron chi connectivity index (χ1n) is 12.3. The molecule has 0 atom stereocenters. The third-order valence-corrected chi connectivity index (χ3v) is 9.15. The average molecular weight is 582 g/mol. The molecule has 2 N–H and O–H groups in total. The van der Waals surface area contributed by atoms with Gasteiger partial charge < -0.3 is 14.6 Å². The lowest BCUT2D eigenvalue weighted by Crippen LogP contribution is -2.30. The van der Waals surface area contributed by atoms with E-state index in [2.05, 4.69) is 119 Å². The number of thiophene rings is 1. The fourth-order valence-corrected chi connectivity index (χ4v) is 7.30. The Balaban J connectivity index is 0.00000135. The van der Waals surface area contributed by atoms with Crippen LogP contribution in [0.15, 0.2) is 108 Å². The number of rotatable bonds is 4. The summed E-state index contributed by atoms with van der Waals surface area (Å²) in [5.41, 5.74) is 6.04. The number of aromatic nitrogens is 1. The maximum Gasteiger partial charge on any atom is 0.489 e.